The third kappa shape index (κ3) is 6.35. The van der Waals surface area contributed by atoms with Crippen LogP contribution in [0.15, 0.2) is 28.7 Å². The Morgan fingerprint density at radius 1 is 1.35 bits per heavy atom. The van der Waals surface area contributed by atoms with Gasteiger partial charge in [0.25, 0.3) is 5.91 Å². The number of carbonyl (C=O) groups is 1. The van der Waals surface area contributed by atoms with Crippen LogP contribution in [0.1, 0.15) is 32.6 Å². The fourth-order valence-corrected chi connectivity index (χ4v) is 3.18. The summed E-state index contributed by atoms with van der Waals surface area (Å²) in [6.45, 7) is 2.15. The molecule has 23 heavy (non-hydrogen) atoms. The van der Waals surface area contributed by atoms with Gasteiger partial charge >= 0.3 is 0 Å². The first-order chi connectivity index (χ1) is 11.0. The summed E-state index contributed by atoms with van der Waals surface area (Å²) < 4.78 is 6.31. The minimum atomic E-state index is -0.286. The lowest BCUT2D eigenvalue weighted by Gasteiger charge is -2.30. The molecule has 7 heteroatoms. The maximum Gasteiger partial charge on any atom is 0.276 e. The number of benzene rings is 1. The van der Waals surface area contributed by atoms with Gasteiger partial charge in [-0.05, 0) is 49.2 Å². The number of hydrazine groups is 1. The molecule has 2 rings (SSSR count). The topological polar surface area (TPSA) is 62.4 Å². The number of nitrogens with one attached hydrogen (secondary N) is 3. The fourth-order valence-electron chi connectivity index (χ4n) is 2.60. The van der Waals surface area contributed by atoms with Crippen LogP contribution in [-0.2, 0) is 4.79 Å². The van der Waals surface area contributed by atoms with E-state index in [1.807, 2.05) is 12.1 Å². The largest absolute Gasteiger partial charge is 0.484 e. The Morgan fingerprint density at radius 2 is 2.13 bits per heavy atom. The van der Waals surface area contributed by atoms with Crippen LogP contribution in [0.2, 0.25) is 0 Å². The lowest BCUT2D eigenvalue weighted by atomic mass is 9.86. The molecule has 0 bridgehead atoms. The van der Waals surface area contributed by atoms with Gasteiger partial charge in [0.15, 0.2) is 11.7 Å². The number of halogens is 1. The molecule has 1 aromatic rings. The normalized spacial score (nSPS) is 20.4. The van der Waals surface area contributed by atoms with E-state index in [1.54, 1.807) is 12.1 Å². The minimum absolute atomic E-state index is 0.0775. The molecular formula is C16H22BrN3O2S. The van der Waals surface area contributed by atoms with Crippen LogP contribution in [0.25, 0.3) is 0 Å². The highest BCUT2D eigenvalue weighted by molar-refractivity contribution is 9.10. The first kappa shape index (κ1) is 18.0. The van der Waals surface area contributed by atoms with Crippen LogP contribution in [0, 0.1) is 5.92 Å². The number of hydrogen-bond acceptors (Lipinski definition) is 3. The zero-order chi connectivity index (χ0) is 16.7. The first-order valence-electron chi connectivity index (χ1n) is 7.78. The Kier molecular flexibility index (Phi) is 7.11. The average molecular weight is 400 g/mol. The minimum Gasteiger partial charge on any atom is -0.484 e. The predicted octanol–water partition coefficient (Wildman–Crippen LogP) is 2.90. The van der Waals surface area contributed by atoms with Crippen molar-refractivity contribution in [3.63, 3.8) is 0 Å². The van der Waals surface area contributed by atoms with Crippen molar-refractivity contribution < 1.29 is 9.53 Å². The smallest absolute Gasteiger partial charge is 0.276 e. The monoisotopic (exact) mass is 399 g/mol. The van der Waals surface area contributed by atoms with Gasteiger partial charge < -0.3 is 10.1 Å². The Labute approximate surface area is 150 Å². The molecule has 0 spiro atoms. The molecule has 1 aliphatic carbocycles. The maximum absolute atomic E-state index is 11.8. The van der Waals surface area contributed by atoms with Crippen LogP contribution in [0.4, 0.5) is 0 Å². The van der Waals surface area contributed by atoms with Crippen molar-refractivity contribution in [2.45, 2.75) is 38.6 Å². The van der Waals surface area contributed by atoms with Gasteiger partial charge in [-0.25, -0.2) is 0 Å². The molecule has 1 amide bonds. The predicted molar refractivity (Wildman–Crippen MR) is 98.1 cm³/mol. The summed E-state index contributed by atoms with van der Waals surface area (Å²) in [5.74, 6) is 0.941. The van der Waals surface area contributed by atoms with E-state index in [4.69, 9.17) is 17.0 Å². The number of hydrogen-bond donors (Lipinski definition) is 3. The van der Waals surface area contributed by atoms with Gasteiger partial charge in [0.2, 0.25) is 0 Å². The Hall–Kier alpha value is -1.34. The van der Waals surface area contributed by atoms with Gasteiger partial charge in [0.05, 0.1) is 0 Å². The van der Waals surface area contributed by atoms with Crippen LogP contribution < -0.4 is 20.9 Å². The SMILES string of the molecule is C[C@@H]1CCCC[C@@H]1NC(=S)NNC(=O)COc1cccc(Br)c1. The molecule has 1 aromatic carbocycles. The molecular weight excluding hydrogens is 378 g/mol. The second kappa shape index (κ2) is 9.08. The third-order valence-corrected chi connectivity index (χ3v) is 4.62. The molecule has 0 unspecified atom stereocenters. The molecule has 0 saturated heterocycles. The molecule has 126 valence electrons. The van der Waals surface area contributed by atoms with Crippen LogP contribution in [0.5, 0.6) is 5.75 Å². The van der Waals surface area contributed by atoms with Gasteiger partial charge in [0, 0.05) is 10.5 Å². The van der Waals surface area contributed by atoms with E-state index in [2.05, 4.69) is 39.0 Å². The zero-order valence-electron chi connectivity index (χ0n) is 13.1. The number of rotatable bonds is 4. The highest BCUT2D eigenvalue weighted by Crippen LogP contribution is 2.23. The summed E-state index contributed by atoms with van der Waals surface area (Å²) in [7, 11) is 0. The van der Waals surface area contributed by atoms with Crippen molar-refractivity contribution in [2.24, 2.45) is 5.92 Å². The standard InChI is InChI=1S/C16H22BrN3O2S/c1-11-5-2-3-8-14(11)18-16(23)20-19-15(21)10-22-13-7-4-6-12(17)9-13/h4,6-7,9,11,14H,2-3,5,8,10H2,1H3,(H,19,21)(H2,18,20,23)/t11-,14+/m1/s1. The molecule has 0 aliphatic heterocycles. The Balaban J connectivity index is 1.66. The van der Waals surface area contributed by atoms with Crippen molar-refractivity contribution >= 4 is 39.2 Å². The highest BCUT2D eigenvalue weighted by atomic mass is 79.9. The molecule has 0 aromatic heterocycles. The van der Waals surface area contributed by atoms with Crippen molar-refractivity contribution in [1.82, 2.24) is 16.2 Å². The van der Waals surface area contributed by atoms with E-state index in [1.165, 1.54) is 19.3 Å². The van der Waals surface area contributed by atoms with Crippen LogP contribution in [-0.4, -0.2) is 23.7 Å². The van der Waals surface area contributed by atoms with Crippen LogP contribution >= 0.6 is 28.1 Å². The zero-order valence-corrected chi connectivity index (χ0v) is 15.5. The maximum atomic E-state index is 11.8. The molecule has 1 saturated carbocycles. The Morgan fingerprint density at radius 3 is 2.87 bits per heavy atom. The summed E-state index contributed by atoms with van der Waals surface area (Å²) in [5.41, 5.74) is 5.27. The highest BCUT2D eigenvalue weighted by Gasteiger charge is 2.21. The lowest BCUT2D eigenvalue weighted by molar-refractivity contribution is -0.123. The van der Waals surface area contributed by atoms with Gasteiger partial charge in [-0.3, -0.25) is 15.6 Å². The van der Waals surface area contributed by atoms with E-state index in [-0.39, 0.29) is 12.5 Å². The Bertz CT molecular complexity index is 556. The molecule has 1 aliphatic rings. The molecule has 3 N–H and O–H groups in total. The van der Waals surface area contributed by atoms with Gasteiger partial charge in [-0.1, -0.05) is 41.8 Å². The van der Waals surface area contributed by atoms with Gasteiger partial charge in [0.1, 0.15) is 5.75 Å². The summed E-state index contributed by atoms with van der Waals surface area (Å²) in [4.78, 5) is 11.8. The van der Waals surface area contributed by atoms with Crippen molar-refractivity contribution in [3.05, 3.63) is 28.7 Å². The first-order valence-corrected chi connectivity index (χ1v) is 8.98. The lowest BCUT2D eigenvalue weighted by Crippen LogP contribution is -2.52. The van der Waals surface area contributed by atoms with Gasteiger partial charge in [-0.15, -0.1) is 0 Å². The fraction of sp³-hybridized carbons (Fsp3) is 0.500. The average Bonchev–Trinajstić information content (AvgIpc) is 2.53. The molecule has 2 atom stereocenters. The van der Waals surface area contributed by atoms with Crippen LogP contribution in [0.3, 0.4) is 0 Å². The van der Waals surface area contributed by atoms with E-state index in [9.17, 15) is 4.79 Å². The van der Waals surface area contributed by atoms with E-state index in [0.29, 0.717) is 22.8 Å². The van der Waals surface area contributed by atoms with Crippen molar-refractivity contribution in [1.29, 1.82) is 0 Å². The van der Waals surface area contributed by atoms with Crippen molar-refractivity contribution in [3.8, 4) is 5.75 Å². The second-order valence-corrected chi connectivity index (χ2v) is 7.08. The molecule has 1 fully saturated rings. The van der Waals surface area contributed by atoms with Gasteiger partial charge in [-0.2, -0.15) is 0 Å². The van der Waals surface area contributed by atoms with E-state index >= 15 is 0 Å². The van der Waals surface area contributed by atoms with E-state index in [0.717, 1.165) is 10.9 Å². The molecule has 5 nitrogen and oxygen atoms in total. The van der Waals surface area contributed by atoms with Crippen molar-refractivity contribution in [2.75, 3.05) is 6.61 Å². The summed E-state index contributed by atoms with van der Waals surface area (Å²) in [5, 5.41) is 3.71. The number of amides is 1. The third-order valence-electron chi connectivity index (χ3n) is 3.91. The second-order valence-electron chi connectivity index (χ2n) is 5.76. The summed E-state index contributed by atoms with van der Waals surface area (Å²) in [6.07, 6.45) is 4.83. The molecule has 0 radical (unpaired) electrons. The summed E-state index contributed by atoms with van der Waals surface area (Å²) in [6, 6.07) is 7.71. The number of thiocarbonyl (C=S) groups is 1. The number of ether oxygens (including phenoxy) is 1. The number of carbonyl (C=O) groups excluding carboxylic acids is 1. The quantitative estimate of drug-likeness (QED) is 0.536. The molecule has 0 heterocycles. The van der Waals surface area contributed by atoms with E-state index < -0.39 is 0 Å². The summed E-state index contributed by atoms with van der Waals surface area (Å²) >= 11 is 8.57.